The Morgan fingerprint density at radius 2 is 1.79 bits per heavy atom. The molecule has 4 rings (SSSR count). The topological polar surface area (TPSA) is 49.6 Å². The highest BCUT2D eigenvalue weighted by Crippen LogP contribution is 2.25. The van der Waals surface area contributed by atoms with Crippen LogP contribution in [0, 0.1) is 0 Å². The molecule has 0 radical (unpaired) electrons. The van der Waals surface area contributed by atoms with Crippen LogP contribution in [0.15, 0.2) is 12.1 Å². The van der Waals surface area contributed by atoms with E-state index in [1.807, 2.05) is 10.6 Å². The minimum atomic E-state index is -0.0645. The Bertz CT molecular complexity index is 710. The number of hydrogen-bond donors (Lipinski definition) is 0. The summed E-state index contributed by atoms with van der Waals surface area (Å²) in [4.78, 5) is 5.11. The van der Waals surface area contributed by atoms with Gasteiger partial charge in [0.1, 0.15) is 5.82 Å². The van der Waals surface area contributed by atoms with Gasteiger partial charge in [-0.05, 0) is 50.9 Å². The molecule has 4 heterocycles. The van der Waals surface area contributed by atoms with Gasteiger partial charge in [-0.2, -0.15) is 4.52 Å². The van der Waals surface area contributed by atoms with Crippen molar-refractivity contribution in [3.63, 3.8) is 0 Å². The highest BCUT2D eigenvalue weighted by molar-refractivity contribution is 5.46. The van der Waals surface area contributed by atoms with Crippen LogP contribution in [0.2, 0.25) is 0 Å². The summed E-state index contributed by atoms with van der Waals surface area (Å²) in [7, 11) is 0. The predicted octanol–water partition coefficient (Wildman–Crippen LogP) is 2.49. The molecule has 2 aliphatic heterocycles. The van der Waals surface area contributed by atoms with Crippen molar-refractivity contribution in [2.75, 3.05) is 31.1 Å². The van der Waals surface area contributed by atoms with E-state index < -0.39 is 0 Å². The van der Waals surface area contributed by atoms with Crippen LogP contribution in [-0.2, 0) is 5.41 Å². The van der Waals surface area contributed by atoms with Crippen LogP contribution in [-0.4, -0.2) is 56.9 Å². The summed E-state index contributed by atoms with van der Waals surface area (Å²) in [5.74, 6) is 1.98. The zero-order valence-corrected chi connectivity index (χ0v) is 15.1. The molecule has 130 valence electrons. The minimum absolute atomic E-state index is 0.0645. The number of fused-ring (bicyclic) bond motifs is 1. The second-order valence-corrected chi connectivity index (χ2v) is 8.22. The van der Waals surface area contributed by atoms with Crippen LogP contribution in [0.3, 0.4) is 0 Å². The van der Waals surface area contributed by atoms with Crippen molar-refractivity contribution in [2.24, 2.45) is 0 Å². The van der Waals surface area contributed by atoms with Crippen LogP contribution in [0.1, 0.15) is 52.3 Å². The van der Waals surface area contributed by atoms with Gasteiger partial charge < -0.3 is 4.90 Å². The molecule has 2 saturated heterocycles. The monoisotopic (exact) mass is 328 g/mol. The normalized spacial score (nSPS) is 23.3. The largest absolute Gasteiger partial charge is 0.354 e. The third kappa shape index (κ3) is 2.88. The van der Waals surface area contributed by atoms with Crippen molar-refractivity contribution in [3.05, 3.63) is 18.0 Å². The molecule has 0 aliphatic carbocycles. The molecule has 2 aromatic heterocycles. The zero-order valence-electron chi connectivity index (χ0n) is 15.1. The number of rotatable bonds is 2. The van der Waals surface area contributed by atoms with E-state index >= 15 is 0 Å². The lowest BCUT2D eigenvalue weighted by Gasteiger charge is -2.38. The summed E-state index contributed by atoms with van der Waals surface area (Å²) in [5, 5.41) is 13.5. The van der Waals surface area contributed by atoms with E-state index in [1.165, 1.54) is 38.8 Å². The summed E-state index contributed by atoms with van der Waals surface area (Å²) in [6.07, 6.45) is 5.28. The second kappa shape index (κ2) is 5.99. The molecule has 2 aromatic rings. The van der Waals surface area contributed by atoms with Gasteiger partial charge in [0.05, 0.1) is 0 Å². The first-order valence-electron chi connectivity index (χ1n) is 9.24. The summed E-state index contributed by atoms with van der Waals surface area (Å²) < 4.78 is 1.93. The fraction of sp³-hybridized carbons (Fsp3) is 0.722. The summed E-state index contributed by atoms with van der Waals surface area (Å²) in [6.45, 7) is 11.2. The number of anilines is 1. The van der Waals surface area contributed by atoms with Crippen LogP contribution >= 0.6 is 0 Å². The molecule has 2 aliphatic rings. The van der Waals surface area contributed by atoms with E-state index in [2.05, 4.69) is 46.8 Å². The Balaban J connectivity index is 1.61. The van der Waals surface area contributed by atoms with Crippen molar-refractivity contribution in [1.29, 1.82) is 0 Å². The Hall–Kier alpha value is -1.69. The van der Waals surface area contributed by atoms with Crippen LogP contribution < -0.4 is 4.90 Å². The van der Waals surface area contributed by atoms with E-state index in [9.17, 15) is 0 Å². The number of likely N-dealkylation sites (tertiary alicyclic amines) is 1. The third-order valence-electron chi connectivity index (χ3n) is 5.30. The molecule has 0 bridgehead atoms. The van der Waals surface area contributed by atoms with E-state index in [4.69, 9.17) is 5.10 Å². The van der Waals surface area contributed by atoms with Crippen molar-refractivity contribution < 1.29 is 0 Å². The number of hydrogen-bond acceptors (Lipinski definition) is 5. The highest BCUT2D eigenvalue weighted by Gasteiger charge is 2.28. The van der Waals surface area contributed by atoms with E-state index in [-0.39, 0.29) is 5.41 Å². The summed E-state index contributed by atoms with van der Waals surface area (Å²) in [6, 6.07) is 4.83. The lowest BCUT2D eigenvalue weighted by atomic mass is 9.96. The fourth-order valence-electron chi connectivity index (χ4n) is 3.98. The van der Waals surface area contributed by atoms with Gasteiger partial charge >= 0.3 is 0 Å². The van der Waals surface area contributed by atoms with Crippen LogP contribution in [0.5, 0.6) is 0 Å². The molecular weight excluding hydrogens is 300 g/mol. The first-order valence-corrected chi connectivity index (χ1v) is 9.24. The zero-order chi connectivity index (χ0) is 16.7. The van der Waals surface area contributed by atoms with E-state index in [0.29, 0.717) is 6.04 Å². The molecule has 1 unspecified atom stereocenters. The molecule has 6 nitrogen and oxygen atoms in total. The van der Waals surface area contributed by atoms with Gasteiger partial charge in [0.2, 0.25) is 0 Å². The fourth-order valence-corrected chi connectivity index (χ4v) is 3.98. The standard InChI is InChI=1S/C18H28N6/c1-18(2,3)17-20-19-15-8-9-16(21-24(15)17)23-12-6-7-14(13-23)22-10-4-5-11-22/h8-9,14H,4-7,10-13H2,1-3H3. The van der Waals surface area contributed by atoms with Gasteiger partial charge in [-0.25, -0.2) is 0 Å². The Kier molecular flexibility index (Phi) is 3.95. The molecule has 6 heteroatoms. The lowest BCUT2D eigenvalue weighted by Crippen LogP contribution is -2.47. The highest BCUT2D eigenvalue weighted by atomic mass is 15.4. The van der Waals surface area contributed by atoms with Gasteiger partial charge in [-0.15, -0.1) is 15.3 Å². The van der Waals surface area contributed by atoms with Crippen molar-refractivity contribution in [2.45, 2.75) is 57.9 Å². The van der Waals surface area contributed by atoms with Gasteiger partial charge in [-0.1, -0.05) is 20.8 Å². The van der Waals surface area contributed by atoms with Gasteiger partial charge in [0, 0.05) is 24.5 Å². The third-order valence-corrected chi connectivity index (χ3v) is 5.30. The smallest absolute Gasteiger partial charge is 0.178 e. The van der Waals surface area contributed by atoms with Crippen molar-refractivity contribution in [1.82, 2.24) is 24.7 Å². The average Bonchev–Trinajstić information content (AvgIpc) is 3.23. The predicted molar refractivity (Wildman–Crippen MR) is 95.5 cm³/mol. The van der Waals surface area contributed by atoms with Crippen molar-refractivity contribution in [3.8, 4) is 0 Å². The van der Waals surface area contributed by atoms with Gasteiger partial charge in [0.25, 0.3) is 0 Å². The SMILES string of the molecule is CC(C)(C)c1nnc2ccc(N3CCCC(N4CCCC4)C3)nn12. The average molecular weight is 328 g/mol. The maximum absolute atomic E-state index is 4.89. The molecule has 1 atom stereocenters. The maximum Gasteiger partial charge on any atom is 0.178 e. The van der Waals surface area contributed by atoms with Crippen LogP contribution in [0.4, 0.5) is 5.82 Å². The summed E-state index contributed by atoms with van der Waals surface area (Å²) >= 11 is 0. The first kappa shape index (κ1) is 15.8. The molecule has 0 spiro atoms. The maximum atomic E-state index is 4.89. The molecule has 0 saturated carbocycles. The quantitative estimate of drug-likeness (QED) is 0.848. The molecule has 0 N–H and O–H groups in total. The van der Waals surface area contributed by atoms with E-state index in [1.54, 1.807) is 0 Å². The second-order valence-electron chi connectivity index (χ2n) is 8.22. The molecule has 24 heavy (non-hydrogen) atoms. The van der Waals surface area contributed by atoms with Crippen LogP contribution in [0.25, 0.3) is 5.65 Å². The number of aromatic nitrogens is 4. The minimum Gasteiger partial charge on any atom is -0.354 e. The van der Waals surface area contributed by atoms with Gasteiger partial charge in [0.15, 0.2) is 11.5 Å². The lowest BCUT2D eigenvalue weighted by molar-refractivity contribution is 0.215. The molecular formula is C18H28N6. The molecule has 0 amide bonds. The molecule has 2 fully saturated rings. The van der Waals surface area contributed by atoms with E-state index in [0.717, 1.165) is 30.4 Å². The first-order chi connectivity index (χ1) is 11.5. The Morgan fingerprint density at radius 1 is 1.00 bits per heavy atom. The molecule has 0 aromatic carbocycles. The number of nitrogens with zero attached hydrogens (tertiary/aromatic N) is 6. The summed E-state index contributed by atoms with van der Waals surface area (Å²) in [5.41, 5.74) is 0.766. The van der Waals surface area contributed by atoms with Gasteiger partial charge in [-0.3, -0.25) is 4.90 Å². The number of piperidine rings is 1. The Labute approximate surface area is 143 Å². The van der Waals surface area contributed by atoms with Crippen molar-refractivity contribution >= 4 is 11.5 Å². The Morgan fingerprint density at radius 3 is 2.54 bits per heavy atom.